The maximum absolute atomic E-state index is 13.0. The number of nitrogens with one attached hydrogen (secondary N) is 1. The highest BCUT2D eigenvalue weighted by Crippen LogP contribution is 2.40. The highest BCUT2D eigenvalue weighted by molar-refractivity contribution is 6.06. The lowest BCUT2D eigenvalue weighted by atomic mass is 10.0. The van der Waals surface area contributed by atoms with Gasteiger partial charge in [0.05, 0.1) is 11.1 Å². The number of halogens is 2. The van der Waals surface area contributed by atoms with Crippen LogP contribution >= 0.6 is 24.8 Å². The predicted octanol–water partition coefficient (Wildman–Crippen LogP) is 3.39. The van der Waals surface area contributed by atoms with Gasteiger partial charge >= 0.3 is 0 Å². The molecule has 0 unspecified atom stereocenters. The molecule has 1 aliphatic carbocycles. The van der Waals surface area contributed by atoms with Crippen LogP contribution in [0.2, 0.25) is 0 Å². The van der Waals surface area contributed by atoms with E-state index < -0.39 is 0 Å². The molecular formula is C18H23Cl2N3O. The molecule has 0 bridgehead atoms. The van der Waals surface area contributed by atoms with Crippen molar-refractivity contribution in [2.24, 2.45) is 0 Å². The number of carbonyl (C=O) groups excluding carboxylic acids is 1. The Bertz CT molecular complexity index is 710. The molecule has 1 aliphatic heterocycles. The van der Waals surface area contributed by atoms with E-state index in [1.54, 1.807) is 0 Å². The second-order valence-electron chi connectivity index (χ2n) is 6.28. The molecule has 130 valence electrons. The molecule has 4 rings (SSSR count). The largest absolute Gasteiger partial charge is 0.337 e. The Hall–Kier alpha value is -1.36. The third-order valence-electron chi connectivity index (χ3n) is 4.59. The summed E-state index contributed by atoms with van der Waals surface area (Å²) < 4.78 is 0. The van der Waals surface area contributed by atoms with E-state index >= 15 is 0 Å². The minimum absolute atomic E-state index is 0. The van der Waals surface area contributed by atoms with Crippen LogP contribution < -0.4 is 5.32 Å². The molecule has 1 N–H and O–H groups in total. The molecule has 0 atom stereocenters. The summed E-state index contributed by atoms with van der Waals surface area (Å²) in [6, 6.07) is 10.1. The Balaban J connectivity index is 0.00000104. The zero-order chi connectivity index (χ0) is 14.9. The van der Waals surface area contributed by atoms with E-state index in [0.717, 1.165) is 54.8 Å². The van der Waals surface area contributed by atoms with Gasteiger partial charge in [0.25, 0.3) is 5.91 Å². The van der Waals surface area contributed by atoms with E-state index in [9.17, 15) is 4.79 Å². The number of carbonyl (C=O) groups is 1. The summed E-state index contributed by atoms with van der Waals surface area (Å²) in [5, 5.41) is 4.33. The van der Waals surface area contributed by atoms with Gasteiger partial charge in [-0.2, -0.15) is 0 Å². The molecule has 1 aromatic carbocycles. The van der Waals surface area contributed by atoms with E-state index in [0.29, 0.717) is 5.92 Å². The predicted molar refractivity (Wildman–Crippen MR) is 102 cm³/mol. The quantitative estimate of drug-likeness (QED) is 0.884. The minimum atomic E-state index is 0. The second kappa shape index (κ2) is 8.15. The molecule has 2 aliphatic rings. The number of benzene rings is 1. The van der Waals surface area contributed by atoms with Crippen molar-refractivity contribution in [2.45, 2.75) is 25.2 Å². The highest BCUT2D eigenvalue weighted by atomic mass is 35.5. The lowest BCUT2D eigenvalue weighted by Crippen LogP contribution is -2.34. The second-order valence-corrected chi connectivity index (χ2v) is 6.28. The lowest BCUT2D eigenvalue weighted by molar-refractivity contribution is 0.0768. The van der Waals surface area contributed by atoms with Gasteiger partial charge in [-0.1, -0.05) is 18.2 Å². The van der Waals surface area contributed by atoms with Crippen LogP contribution in [-0.4, -0.2) is 42.0 Å². The zero-order valence-electron chi connectivity index (χ0n) is 13.5. The van der Waals surface area contributed by atoms with Crippen LogP contribution in [-0.2, 0) is 0 Å². The van der Waals surface area contributed by atoms with Gasteiger partial charge in [-0.25, -0.2) is 0 Å². The number of pyridine rings is 1. The van der Waals surface area contributed by atoms with Gasteiger partial charge in [0.15, 0.2) is 0 Å². The number of para-hydroxylation sites is 1. The fourth-order valence-electron chi connectivity index (χ4n) is 3.18. The Morgan fingerprint density at radius 3 is 2.71 bits per heavy atom. The van der Waals surface area contributed by atoms with Crippen molar-refractivity contribution in [3.8, 4) is 0 Å². The van der Waals surface area contributed by atoms with E-state index in [1.807, 2.05) is 35.2 Å². The molecule has 1 amide bonds. The van der Waals surface area contributed by atoms with Crippen molar-refractivity contribution in [1.29, 1.82) is 0 Å². The lowest BCUT2D eigenvalue weighted by Gasteiger charge is -2.21. The molecule has 24 heavy (non-hydrogen) atoms. The molecule has 1 saturated heterocycles. The van der Waals surface area contributed by atoms with Gasteiger partial charge in [-0.05, 0) is 37.9 Å². The molecule has 0 spiro atoms. The van der Waals surface area contributed by atoms with Gasteiger partial charge in [-0.15, -0.1) is 24.8 Å². The summed E-state index contributed by atoms with van der Waals surface area (Å²) in [6.45, 7) is 3.49. The Morgan fingerprint density at radius 2 is 1.92 bits per heavy atom. The maximum atomic E-state index is 13.0. The molecule has 1 aromatic heterocycles. The van der Waals surface area contributed by atoms with Gasteiger partial charge in [0, 0.05) is 36.6 Å². The van der Waals surface area contributed by atoms with Crippen molar-refractivity contribution in [2.75, 3.05) is 26.2 Å². The number of rotatable bonds is 2. The first kappa shape index (κ1) is 19.0. The third kappa shape index (κ3) is 3.82. The van der Waals surface area contributed by atoms with Crippen molar-refractivity contribution < 1.29 is 4.79 Å². The molecular weight excluding hydrogens is 345 g/mol. The first-order valence-electron chi connectivity index (χ1n) is 8.22. The fourth-order valence-corrected chi connectivity index (χ4v) is 3.18. The monoisotopic (exact) mass is 367 g/mol. The average molecular weight is 368 g/mol. The van der Waals surface area contributed by atoms with Gasteiger partial charge in [0.2, 0.25) is 0 Å². The summed E-state index contributed by atoms with van der Waals surface area (Å²) in [5.41, 5.74) is 2.87. The number of hydrogen-bond donors (Lipinski definition) is 1. The number of nitrogens with zero attached hydrogens (tertiary/aromatic N) is 2. The first-order chi connectivity index (χ1) is 10.8. The molecule has 2 fully saturated rings. The van der Waals surface area contributed by atoms with E-state index in [-0.39, 0.29) is 30.7 Å². The third-order valence-corrected chi connectivity index (χ3v) is 4.59. The zero-order valence-corrected chi connectivity index (χ0v) is 15.2. The van der Waals surface area contributed by atoms with Gasteiger partial charge in [-0.3, -0.25) is 9.78 Å². The normalized spacial score (nSPS) is 17.6. The molecule has 2 heterocycles. The van der Waals surface area contributed by atoms with Crippen LogP contribution in [0.25, 0.3) is 10.9 Å². The van der Waals surface area contributed by atoms with Crippen molar-refractivity contribution in [3.05, 3.63) is 41.6 Å². The number of amides is 1. The Morgan fingerprint density at radius 1 is 1.12 bits per heavy atom. The van der Waals surface area contributed by atoms with Crippen molar-refractivity contribution in [1.82, 2.24) is 15.2 Å². The number of aromatic nitrogens is 1. The van der Waals surface area contributed by atoms with Gasteiger partial charge < -0.3 is 10.2 Å². The van der Waals surface area contributed by atoms with E-state index in [1.165, 1.54) is 12.8 Å². The number of fused-ring (bicyclic) bond motifs is 1. The smallest absolute Gasteiger partial charge is 0.254 e. The minimum Gasteiger partial charge on any atom is -0.337 e. The topological polar surface area (TPSA) is 45.2 Å². The highest BCUT2D eigenvalue weighted by Gasteiger charge is 2.28. The summed E-state index contributed by atoms with van der Waals surface area (Å²) >= 11 is 0. The van der Waals surface area contributed by atoms with Crippen LogP contribution in [0.4, 0.5) is 0 Å². The maximum Gasteiger partial charge on any atom is 0.254 e. The van der Waals surface area contributed by atoms with Crippen LogP contribution in [0.5, 0.6) is 0 Å². The summed E-state index contributed by atoms with van der Waals surface area (Å²) in [7, 11) is 0. The summed E-state index contributed by atoms with van der Waals surface area (Å²) in [5.74, 6) is 0.714. The van der Waals surface area contributed by atoms with E-state index in [2.05, 4.69) is 5.32 Å². The van der Waals surface area contributed by atoms with E-state index in [4.69, 9.17) is 4.98 Å². The SMILES string of the molecule is Cl.Cl.O=C(c1cc(C2CC2)nc2ccccc12)N1CCCNCC1. The van der Waals surface area contributed by atoms with Crippen LogP contribution in [0.1, 0.15) is 41.2 Å². The average Bonchev–Trinajstić information content (AvgIpc) is 3.39. The fraction of sp³-hybridized carbons (Fsp3) is 0.444. The molecule has 6 heteroatoms. The van der Waals surface area contributed by atoms with Gasteiger partial charge in [0.1, 0.15) is 0 Å². The summed E-state index contributed by atoms with van der Waals surface area (Å²) in [4.78, 5) is 19.8. The Labute approximate surface area is 154 Å². The standard InChI is InChI=1S/C18H21N3O.2ClH/c22-18(21-10-3-8-19-9-11-21)15-12-17(13-6-7-13)20-16-5-2-1-4-14(15)16;;/h1-2,4-5,12-13,19H,3,6-11H2;2*1H. The van der Waals surface area contributed by atoms with Crippen molar-refractivity contribution >= 4 is 41.6 Å². The summed E-state index contributed by atoms with van der Waals surface area (Å²) in [6.07, 6.45) is 3.42. The molecule has 4 nitrogen and oxygen atoms in total. The van der Waals surface area contributed by atoms with Crippen molar-refractivity contribution in [3.63, 3.8) is 0 Å². The van der Waals surface area contributed by atoms with Crippen LogP contribution in [0.15, 0.2) is 30.3 Å². The molecule has 0 radical (unpaired) electrons. The first-order valence-corrected chi connectivity index (χ1v) is 8.22. The molecule has 1 saturated carbocycles. The van der Waals surface area contributed by atoms with Crippen LogP contribution in [0.3, 0.4) is 0 Å². The number of hydrogen-bond acceptors (Lipinski definition) is 3. The van der Waals surface area contributed by atoms with Crippen LogP contribution in [0, 0.1) is 0 Å². The Kier molecular flexibility index (Phi) is 6.44. The molecule has 2 aromatic rings.